The summed E-state index contributed by atoms with van der Waals surface area (Å²) in [6.45, 7) is 2.12. The van der Waals surface area contributed by atoms with Crippen LogP contribution in [0.3, 0.4) is 0 Å². The molecule has 0 saturated heterocycles. The summed E-state index contributed by atoms with van der Waals surface area (Å²) in [5.74, 6) is 1.28. The molecule has 0 amide bonds. The molecule has 2 aromatic rings. The quantitative estimate of drug-likeness (QED) is 0.768. The van der Waals surface area contributed by atoms with Gasteiger partial charge in [-0.3, -0.25) is 4.98 Å². The van der Waals surface area contributed by atoms with Crippen LogP contribution in [-0.2, 0) is 11.2 Å². The van der Waals surface area contributed by atoms with Crippen molar-refractivity contribution in [3.8, 4) is 0 Å². The number of pyridine rings is 1. The minimum absolute atomic E-state index is 0.322. The molecule has 0 bridgehead atoms. The number of hydrogen-bond donors (Lipinski definition) is 2. The van der Waals surface area contributed by atoms with E-state index in [4.69, 9.17) is 21.2 Å². The standard InChI is InChI=1S/C15H17N3O/c1-8-5-12-11(7-14(8)19-2)15(17)10-4-3-9(16)6-13(10)18-12/h3-4,6-8H,5,16H2,1-2H3,(H2,17,18). The number of hydrogen-bond acceptors (Lipinski definition) is 4. The number of nitrogen functional groups attached to an aromatic ring is 2. The van der Waals surface area contributed by atoms with Crippen LogP contribution in [-0.4, -0.2) is 12.1 Å². The van der Waals surface area contributed by atoms with Crippen molar-refractivity contribution >= 4 is 28.4 Å². The number of aromatic nitrogens is 1. The highest BCUT2D eigenvalue weighted by Gasteiger charge is 2.22. The van der Waals surface area contributed by atoms with E-state index in [0.717, 1.165) is 40.0 Å². The third-order valence-electron chi connectivity index (χ3n) is 3.68. The zero-order valence-electron chi connectivity index (χ0n) is 11.1. The highest BCUT2D eigenvalue weighted by molar-refractivity contribution is 5.96. The van der Waals surface area contributed by atoms with Crippen LogP contribution in [0, 0.1) is 5.92 Å². The molecule has 1 unspecified atom stereocenters. The van der Waals surface area contributed by atoms with E-state index in [9.17, 15) is 0 Å². The molecule has 0 radical (unpaired) electrons. The van der Waals surface area contributed by atoms with E-state index in [2.05, 4.69) is 6.92 Å². The van der Waals surface area contributed by atoms with Crippen molar-refractivity contribution in [2.75, 3.05) is 18.6 Å². The highest BCUT2D eigenvalue weighted by atomic mass is 16.5. The molecule has 3 rings (SSSR count). The fourth-order valence-corrected chi connectivity index (χ4v) is 2.63. The predicted molar refractivity (Wildman–Crippen MR) is 78.4 cm³/mol. The highest BCUT2D eigenvalue weighted by Crippen LogP contribution is 2.35. The minimum Gasteiger partial charge on any atom is -0.501 e. The number of nitrogens with zero attached hydrogens (tertiary/aromatic N) is 1. The van der Waals surface area contributed by atoms with E-state index < -0.39 is 0 Å². The molecule has 0 aliphatic heterocycles. The Morgan fingerprint density at radius 2 is 2.11 bits per heavy atom. The SMILES string of the molecule is COC1=Cc2c(nc3cc(N)ccc3c2N)CC1C. The molecule has 0 saturated carbocycles. The number of nitrogens with two attached hydrogens (primary N) is 2. The van der Waals surface area contributed by atoms with Gasteiger partial charge in [-0.05, 0) is 30.7 Å². The topological polar surface area (TPSA) is 74.2 Å². The van der Waals surface area contributed by atoms with Gasteiger partial charge in [0.05, 0.1) is 29.8 Å². The van der Waals surface area contributed by atoms with Crippen molar-refractivity contribution in [3.05, 3.63) is 35.2 Å². The van der Waals surface area contributed by atoms with Crippen LogP contribution >= 0.6 is 0 Å². The summed E-state index contributed by atoms with van der Waals surface area (Å²) < 4.78 is 5.40. The molecule has 98 valence electrons. The average Bonchev–Trinajstić information content (AvgIpc) is 2.38. The molecular weight excluding hydrogens is 238 g/mol. The average molecular weight is 255 g/mol. The summed E-state index contributed by atoms with van der Waals surface area (Å²) in [7, 11) is 1.69. The second kappa shape index (κ2) is 4.16. The predicted octanol–water partition coefficient (Wildman–Crippen LogP) is 2.58. The molecule has 4 nitrogen and oxygen atoms in total. The van der Waals surface area contributed by atoms with E-state index in [-0.39, 0.29) is 0 Å². The van der Waals surface area contributed by atoms with E-state index in [1.165, 1.54) is 0 Å². The molecule has 1 aliphatic carbocycles. The van der Waals surface area contributed by atoms with Gasteiger partial charge in [-0.2, -0.15) is 0 Å². The lowest BCUT2D eigenvalue weighted by Gasteiger charge is -2.23. The first-order chi connectivity index (χ1) is 9.10. The molecule has 1 aromatic heterocycles. The van der Waals surface area contributed by atoms with Crippen LogP contribution in [0.1, 0.15) is 18.2 Å². The van der Waals surface area contributed by atoms with Gasteiger partial charge in [-0.25, -0.2) is 0 Å². The van der Waals surface area contributed by atoms with E-state index in [1.54, 1.807) is 7.11 Å². The van der Waals surface area contributed by atoms with Gasteiger partial charge in [-0.15, -0.1) is 0 Å². The fraction of sp³-hybridized carbons (Fsp3) is 0.267. The van der Waals surface area contributed by atoms with E-state index >= 15 is 0 Å². The first kappa shape index (κ1) is 11.8. The molecule has 4 N–H and O–H groups in total. The summed E-state index contributed by atoms with van der Waals surface area (Å²) in [5.41, 5.74) is 16.4. The number of methoxy groups -OCH3 is 1. The Bertz CT molecular complexity index is 691. The summed E-state index contributed by atoms with van der Waals surface area (Å²) >= 11 is 0. The van der Waals surface area contributed by atoms with Crippen molar-refractivity contribution in [3.63, 3.8) is 0 Å². The Balaban J connectivity index is 2.29. The van der Waals surface area contributed by atoms with Crippen LogP contribution < -0.4 is 11.5 Å². The molecule has 0 fully saturated rings. The lowest BCUT2D eigenvalue weighted by Crippen LogP contribution is -2.14. The number of anilines is 2. The molecule has 1 atom stereocenters. The second-order valence-corrected chi connectivity index (χ2v) is 5.02. The third kappa shape index (κ3) is 1.80. The van der Waals surface area contributed by atoms with Crippen LogP contribution in [0.25, 0.3) is 17.0 Å². The molecule has 1 aliphatic rings. The number of benzene rings is 1. The van der Waals surface area contributed by atoms with Crippen LogP contribution in [0.5, 0.6) is 0 Å². The largest absolute Gasteiger partial charge is 0.501 e. The normalized spacial score (nSPS) is 18.0. The van der Waals surface area contributed by atoms with Crippen LogP contribution in [0.15, 0.2) is 24.0 Å². The molecule has 0 spiro atoms. The Labute approximate surface area is 112 Å². The maximum atomic E-state index is 6.27. The first-order valence-corrected chi connectivity index (χ1v) is 6.33. The van der Waals surface area contributed by atoms with Gasteiger partial charge in [0, 0.05) is 22.6 Å². The van der Waals surface area contributed by atoms with Crippen molar-refractivity contribution in [2.45, 2.75) is 13.3 Å². The van der Waals surface area contributed by atoms with Gasteiger partial charge in [0.1, 0.15) is 0 Å². The summed E-state index contributed by atoms with van der Waals surface area (Å²) in [5, 5.41) is 0.939. The lowest BCUT2D eigenvalue weighted by molar-refractivity contribution is 0.248. The van der Waals surface area contributed by atoms with Crippen LogP contribution in [0.2, 0.25) is 0 Å². The Kier molecular flexibility index (Phi) is 2.59. The van der Waals surface area contributed by atoms with Gasteiger partial charge < -0.3 is 16.2 Å². The summed E-state index contributed by atoms with van der Waals surface area (Å²) in [6.07, 6.45) is 2.84. The van der Waals surface area contributed by atoms with Crippen molar-refractivity contribution < 1.29 is 4.74 Å². The number of ether oxygens (including phenoxy) is 1. The van der Waals surface area contributed by atoms with Crippen molar-refractivity contribution in [1.29, 1.82) is 0 Å². The lowest BCUT2D eigenvalue weighted by atomic mass is 9.91. The second-order valence-electron chi connectivity index (χ2n) is 5.02. The fourth-order valence-electron chi connectivity index (χ4n) is 2.63. The zero-order valence-corrected chi connectivity index (χ0v) is 11.1. The van der Waals surface area contributed by atoms with Gasteiger partial charge in [-0.1, -0.05) is 6.92 Å². The summed E-state index contributed by atoms with van der Waals surface area (Å²) in [6, 6.07) is 5.64. The van der Waals surface area contributed by atoms with Crippen molar-refractivity contribution in [2.24, 2.45) is 5.92 Å². The van der Waals surface area contributed by atoms with E-state index in [1.807, 2.05) is 24.3 Å². The smallest absolute Gasteiger partial charge is 0.0994 e. The van der Waals surface area contributed by atoms with Crippen molar-refractivity contribution in [1.82, 2.24) is 4.98 Å². The monoisotopic (exact) mass is 255 g/mol. The zero-order chi connectivity index (χ0) is 13.6. The maximum Gasteiger partial charge on any atom is 0.0994 e. The number of rotatable bonds is 1. The van der Waals surface area contributed by atoms with Gasteiger partial charge in [0.15, 0.2) is 0 Å². The minimum atomic E-state index is 0.322. The molecule has 19 heavy (non-hydrogen) atoms. The number of fused-ring (bicyclic) bond motifs is 2. The molecular formula is C15H17N3O. The van der Waals surface area contributed by atoms with Gasteiger partial charge >= 0.3 is 0 Å². The third-order valence-corrected chi connectivity index (χ3v) is 3.68. The van der Waals surface area contributed by atoms with Gasteiger partial charge in [0.2, 0.25) is 0 Å². The van der Waals surface area contributed by atoms with Gasteiger partial charge in [0.25, 0.3) is 0 Å². The Morgan fingerprint density at radius 3 is 2.84 bits per heavy atom. The first-order valence-electron chi connectivity index (χ1n) is 6.33. The molecule has 1 aromatic carbocycles. The molecule has 4 heteroatoms. The Hall–Kier alpha value is -2.23. The maximum absolute atomic E-state index is 6.27. The van der Waals surface area contributed by atoms with Crippen LogP contribution in [0.4, 0.5) is 11.4 Å². The summed E-state index contributed by atoms with van der Waals surface area (Å²) in [4.78, 5) is 4.70. The number of allylic oxidation sites excluding steroid dienone is 1. The van der Waals surface area contributed by atoms with E-state index in [0.29, 0.717) is 11.6 Å². The molecule has 1 heterocycles. The Morgan fingerprint density at radius 1 is 1.32 bits per heavy atom.